The van der Waals surface area contributed by atoms with E-state index in [1.807, 2.05) is 0 Å². The van der Waals surface area contributed by atoms with Gasteiger partial charge in [-0.1, -0.05) is 23.7 Å². The number of benzene rings is 1. The molecule has 0 aliphatic rings. The normalized spacial score (nSPS) is 10.4. The number of halogens is 2. The lowest BCUT2D eigenvalue weighted by Crippen LogP contribution is -2.04. The zero-order valence-corrected chi connectivity index (χ0v) is 8.99. The second kappa shape index (κ2) is 4.45. The number of hydrogen-bond acceptors (Lipinski definition) is 2. The summed E-state index contributed by atoms with van der Waals surface area (Å²) in [5, 5.41) is 0.0769. The number of rotatable bonds is 3. The summed E-state index contributed by atoms with van der Waals surface area (Å²) in [7, 11) is 0. The topological polar surface area (TPSA) is 34.9 Å². The van der Waals surface area contributed by atoms with E-state index in [4.69, 9.17) is 11.6 Å². The minimum absolute atomic E-state index is 0.0769. The van der Waals surface area contributed by atoms with Gasteiger partial charge in [-0.25, -0.2) is 9.37 Å². The highest BCUT2D eigenvalue weighted by Gasteiger charge is 2.08. The average molecular weight is 239 g/mol. The van der Waals surface area contributed by atoms with Crippen molar-refractivity contribution in [1.29, 1.82) is 0 Å². The van der Waals surface area contributed by atoms with Gasteiger partial charge in [0.15, 0.2) is 12.1 Å². The molecule has 5 heteroatoms. The van der Waals surface area contributed by atoms with Crippen LogP contribution in [0.25, 0.3) is 0 Å². The van der Waals surface area contributed by atoms with E-state index >= 15 is 0 Å². The van der Waals surface area contributed by atoms with Gasteiger partial charge in [0.25, 0.3) is 0 Å². The molecule has 0 aliphatic carbocycles. The highest BCUT2D eigenvalue weighted by molar-refractivity contribution is 6.31. The van der Waals surface area contributed by atoms with Crippen LogP contribution in [0.5, 0.6) is 0 Å². The summed E-state index contributed by atoms with van der Waals surface area (Å²) in [6.45, 7) is 0.324. The molecule has 0 unspecified atom stereocenters. The zero-order chi connectivity index (χ0) is 11.5. The average Bonchev–Trinajstić information content (AvgIpc) is 2.72. The van der Waals surface area contributed by atoms with Gasteiger partial charge in [0.1, 0.15) is 5.82 Å². The second-order valence-electron chi connectivity index (χ2n) is 3.24. The van der Waals surface area contributed by atoms with Gasteiger partial charge in [-0.2, -0.15) is 0 Å². The standard InChI is InChI=1S/C11H8ClFN2O/c12-11-8(2-1-3-9(11)13)6-15-5-4-14-10(15)7-16/h1-5,7H,6H2. The molecular weight excluding hydrogens is 231 g/mol. The van der Waals surface area contributed by atoms with Crippen molar-refractivity contribution in [2.45, 2.75) is 6.54 Å². The van der Waals surface area contributed by atoms with E-state index in [-0.39, 0.29) is 5.02 Å². The lowest BCUT2D eigenvalue weighted by atomic mass is 10.2. The van der Waals surface area contributed by atoms with Gasteiger partial charge >= 0.3 is 0 Å². The van der Waals surface area contributed by atoms with E-state index in [0.29, 0.717) is 24.2 Å². The Labute approximate surface area is 96.5 Å². The van der Waals surface area contributed by atoms with Crippen LogP contribution in [-0.4, -0.2) is 15.8 Å². The SMILES string of the molecule is O=Cc1nccn1Cc1cccc(F)c1Cl. The highest BCUT2D eigenvalue weighted by Crippen LogP contribution is 2.20. The Bertz CT molecular complexity index is 524. The number of hydrogen-bond donors (Lipinski definition) is 0. The number of imidazole rings is 1. The summed E-state index contributed by atoms with van der Waals surface area (Å²) >= 11 is 5.81. The maximum absolute atomic E-state index is 13.2. The van der Waals surface area contributed by atoms with Gasteiger partial charge in [0.2, 0.25) is 0 Å². The molecule has 0 bridgehead atoms. The first-order valence-corrected chi connectivity index (χ1v) is 4.99. The van der Waals surface area contributed by atoms with Gasteiger partial charge < -0.3 is 4.57 Å². The largest absolute Gasteiger partial charge is 0.324 e. The molecule has 82 valence electrons. The number of aldehydes is 1. The van der Waals surface area contributed by atoms with Crippen LogP contribution < -0.4 is 0 Å². The number of aromatic nitrogens is 2. The van der Waals surface area contributed by atoms with E-state index < -0.39 is 5.82 Å². The lowest BCUT2D eigenvalue weighted by molar-refractivity contribution is 0.111. The molecule has 2 aromatic rings. The van der Waals surface area contributed by atoms with Crippen LogP contribution in [0.4, 0.5) is 4.39 Å². The quantitative estimate of drug-likeness (QED) is 0.771. The summed E-state index contributed by atoms with van der Waals surface area (Å²) in [5.41, 5.74) is 0.614. The van der Waals surface area contributed by atoms with E-state index in [2.05, 4.69) is 4.98 Å². The fourth-order valence-corrected chi connectivity index (χ4v) is 1.61. The second-order valence-corrected chi connectivity index (χ2v) is 3.62. The van der Waals surface area contributed by atoms with Crippen molar-refractivity contribution in [2.24, 2.45) is 0 Å². The molecule has 0 aliphatic heterocycles. The van der Waals surface area contributed by atoms with Gasteiger partial charge in [0, 0.05) is 12.4 Å². The van der Waals surface area contributed by atoms with E-state index in [9.17, 15) is 9.18 Å². The number of nitrogens with zero attached hydrogens (tertiary/aromatic N) is 2. The van der Waals surface area contributed by atoms with Crippen molar-refractivity contribution in [2.75, 3.05) is 0 Å². The van der Waals surface area contributed by atoms with Crippen molar-refractivity contribution >= 4 is 17.9 Å². The fourth-order valence-electron chi connectivity index (χ4n) is 1.43. The molecule has 3 nitrogen and oxygen atoms in total. The van der Waals surface area contributed by atoms with Crippen LogP contribution in [0.1, 0.15) is 16.2 Å². The molecule has 1 aromatic carbocycles. The molecule has 0 amide bonds. The maximum Gasteiger partial charge on any atom is 0.185 e. The predicted octanol–water partition coefficient (Wildman–Crippen LogP) is 2.54. The third-order valence-corrected chi connectivity index (χ3v) is 2.65. The van der Waals surface area contributed by atoms with Crippen LogP contribution in [0, 0.1) is 5.82 Å². The smallest absolute Gasteiger partial charge is 0.185 e. The molecule has 0 fully saturated rings. The summed E-state index contributed by atoms with van der Waals surface area (Å²) in [6.07, 6.45) is 3.80. The van der Waals surface area contributed by atoms with Crippen molar-refractivity contribution in [3.8, 4) is 0 Å². The van der Waals surface area contributed by atoms with Crippen molar-refractivity contribution < 1.29 is 9.18 Å². The first kappa shape index (κ1) is 10.8. The van der Waals surface area contributed by atoms with E-state index in [0.717, 1.165) is 0 Å². The van der Waals surface area contributed by atoms with Crippen LogP contribution in [0.3, 0.4) is 0 Å². The Morgan fingerprint density at radius 1 is 1.50 bits per heavy atom. The van der Waals surface area contributed by atoms with Gasteiger partial charge in [-0.05, 0) is 11.6 Å². The third-order valence-electron chi connectivity index (χ3n) is 2.23. The minimum Gasteiger partial charge on any atom is -0.324 e. The van der Waals surface area contributed by atoms with Crippen LogP contribution in [0.2, 0.25) is 5.02 Å². The maximum atomic E-state index is 13.2. The van der Waals surface area contributed by atoms with Crippen LogP contribution in [-0.2, 0) is 6.54 Å². The molecule has 2 rings (SSSR count). The Hall–Kier alpha value is -1.68. The molecule has 16 heavy (non-hydrogen) atoms. The molecular formula is C11H8ClFN2O. The van der Waals surface area contributed by atoms with E-state index in [1.165, 1.54) is 12.3 Å². The summed E-state index contributed by atoms with van der Waals surface area (Å²) in [4.78, 5) is 14.5. The van der Waals surface area contributed by atoms with Crippen molar-refractivity contribution in [3.63, 3.8) is 0 Å². The Morgan fingerprint density at radius 2 is 2.31 bits per heavy atom. The molecule has 1 heterocycles. The zero-order valence-electron chi connectivity index (χ0n) is 8.23. The number of carbonyl (C=O) groups excluding carboxylic acids is 1. The monoisotopic (exact) mass is 238 g/mol. The van der Waals surface area contributed by atoms with Crippen LogP contribution >= 0.6 is 11.6 Å². The fraction of sp³-hybridized carbons (Fsp3) is 0.0909. The summed E-state index contributed by atoms with van der Waals surface area (Å²) in [5.74, 6) is -0.174. The molecule has 0 radical (unpaired) electrons. The molecule has 0 saturated heterocycles. The predicted molar refractivity (Wildman–Crippen MR) is 58.1 cm³/mol. The van der Waals surface area contributed by atoms with Gasteiger partial charge in [0.05, 0.1) is 11.6 Å². The Balaban J connectivity index is 2.34. The number of carbonyl (C=O) groups is 1. The molecule has 1 aromatic heterocycles. The molecule has 0 spiro atoms. The lowest BCUT2D eigenvalue weighted by Gasteiger charge is -2.06. The first-order valence-electron chi connectivity index (χ1n) is 4.61. The summed E-state index contributed by atoms with van der Waals surface area (Å²) in [6, 6.07) is 4.58. The van der Waals surface area contributed by atoms with E-state index in [1.54, 1.807) is 22.9 Å². The van der Waals surface area contributed by atoms with Crippen molar-refractivity contribution in [1.82, 2.24) is 9.55 Å². The Morgan fingerprint density at radius 3 is 3.06 bits per heavy atom. The van der Waals surface area contributed by atoms with Gasteiger partial charge in [-0.15, -0.1) is 0 Å². The molecule has 0 saturated carbocycles. The first-order chi connectivity index (χ1) is 7.72. The Kier molecular flexibility index (Phi) is 3.01. The highest BCUT2D eigenvalue weighted by atomic mass is 35.5. The van der Waals surface area contributed by atoms with Crippen molar-refractivity contribution in [3.05, 3.63) is 52.8 Å². The summed E-state index contributed by atoms with van der Waals surface area (Å²) < 4.78 is 14.8. The van der Waals surface area contributed by atoms with Gasteiger partial charge in [-0.3, -0.25) is 4.79 Å². The van der Waals surface area contributed by atoms with Crippen LogP contribution in [0.15, 0.2) is 30.6 Å². The minimum atomic E-state index is -0.466. The molecule has 0 N–H and O–H groups in total. The molecule has 0 atom stereocenters. The third kappa shape index (κ3) is 1.97.